The summed E-state index contributed by atoms with van der Waals surface area (Å²) < 4.78 is 37.0. The van der Waals surface area contributed by atoms with Crippen LogP contribution in [0.15, 0.2) is 39.9 Å². The number of sulfonamides is 1. The Labute approximate surface area is 187 Å². The molecular formula is C18H18ClN3O5S3. The number of nitrogens with one attached hydrogen (secondary N) is 1. The van der Waals surface area contributed by atoms with E-state index >= 15 is 0 Å². The number of thiophene rings is 1. The summed E-state index contributed by atoms with van der Waals surface area (Å²) in [4.78, 5) is 16.7. The Hall–Kier alpha value is -2.18. The van der Waals surface area contributed by atoms with Crippen LogP contribution in [-0.4, -0.2) is 51.4 Å². The number of hydrogen-bond donors (Lipinski definition) is 1. The molecule has 0 radical (unpaired) electrons. The van der Waals surface area contributed by atoms with Crippen molar-refractivity contribution in [3.63, 3.8) is 0 Å². The minimum atomic E-state index is -3.80. The summed E-state index contributed by atoms with van der Waals surface area (Å²) in [6.07, 6.45) is 0. The first-order valence-electron chi connectivity index (χ1n) is 8.44. The normalized spacial score (nSPS) is 11.5. The number of halogens is 1. The average Bonchev–Trinajstić information content (AvgIpc) is 3.36. The molecule has 3 rings (SSSR count). The number of ether oxygens (including phenoxy) is 2. The lowest BCUT2D eigenvalue weighted by molar-refractivity contribution is -0.116. The fraction of sp³-hybridized carbons (Fsp3) is 0.222. The van der Waals surface area contributed by atoms with Crippen molar-refractivity contribution in [2.24, 2.45) is 0 Å². The molecule has 0 unspecified atom stereocenters. The first-order valence-corrected chi connectivity index (χ1v) is 12.0. The number of carbonyl (C=O) groups excluding carboxylic acids is 1. The van der Waals surface area contributed by atoms with Gasteiger partial charge in [-0.25, -0.2) is 13.4 Å². The Morgan fingerprint density at radius 2 is 2.00 bits per heavy atom. The van der Waals surface area contributed by atoms with Crippen molar-refractivity contribution in [2.75, 3.05) is 33.1 Å². The van der Waals surface area contributed by atoms with E-state index in [1.807, 2.05) is 6.07 Å². The van der Waals surface area contributed by atoms with Crippen LogP contribution in [0.1, 0.15) is 0 Å². The molecule has 0 saturated heterocycles. The summed E-state index contributed by atoms with van der Waals surface area (Å²) in [5.41, 5.74) is 1.35. The SMILES string of the molecule is COc1ccc(-c2csc(NC(=O)CN(C)S(=O)(=O)c3ccc(Cl)s3)n2)c(OC)c1. The molecule has 2 heterocycles. The first-order chi connectivity index (χ1) is 14.2. The molecule has 12 heteroatoms. The van der Waals surface area contributed by atoms with E-state index in [9.17, 15) is 13.2 Å². The zero-order valence-electron chi connectivity index (χ0n) is 16.2. The van der Waals surface area contributed by atoms with Crippen molar-refractivity contribution in [1.82, 2.24) is 9.29 Å². The molecule has 2 aromatic heterocycles. The number of carbonyl (C=O) groups is 1. The standard InChI is InChI=1S/C18H18ClN3O5S3/c1-22(30(24,25)17-7-6-15(19)29-17)9-16(23)21-18-20-13(10-28-18)12-5-4-11(26-2)8-14(12)27-3/h4-8,10H,9H2,1-3H3,(H,20,21,23). The summed E-state index contributed by atoms with van der Waals surface area (Å²) >= 11 is 7.97. The number of anilines is 1. The smallest absolute Gasteiger partial charge is 0.252 e. The number of thiazole rings is 1. The molecule has 0 aliphatic rings. The van der Waals surface area contributed by atoms with Crippen molar-refractivity contribution >= 4 is 55.3 Å². The maximum Gasteiger partial charge on any atom is 0.252 e. The van der Waals surface area contributed by atoms with Crippen molar-refractivity contribution in [3.05, 3.63) is 40.0 Å². The highest BCUT2D eigenvalue weighted by atomic mass is 35.5. The van der Waals surface area contributed by atoms with E-state index in [1.165, 1.54) is 30.5 Å². The fourth-order valence-electron chi connectivity index (χ4n) is 2.50. The van der Waals surface area contributed by atoms with E-state index in [1.54, 1.807) is 31.7 Å². The van der Waals surface area contributed by atoms with Crippen molar-refractivity contribution in [2.45, 2.75) is 4.21 Å². The second kappa shape index (κ2) is 9.31. The minimum absolute atomic E-state index is 0.0749. The maximum atomic E-state index is 12.5. The van der Waals surface area contributed by atoms with Crippen molar-refractivity contribution in [1.29, 1.82) is 0 Å². The number of hydrogen-bond acceptors (Lipinski definition) is 8. The molecule has 0 aliphatic heterocycles. The molecule has 0 spiro atoms. The van der Waals surface area contributed by atoms with E-state index < -0.39 is 15.9 Å². The molecule has 8 nitrogen and oxygen atoms in total. The van der Waals surface area contributed by atoms with Crippen LogP contribution in [0.3, 0.4) is 0 Å². The van der Waals surface area contributed by atoms with Gasteiger partial charge in [0.05, 0.1) is 30.8 Å². The van der Waals surface area contributed by atoms with Gasteiger partial charge in [-0.1, -0.05) is 11.6 Å². The van der Waals surface area contributed by atoms with Crippen LogP contribution in [0.2, 0.25) is 4.34 Å². The lowest BCUT2D eigenvalue weighted by Crippen LogP contribution is -2.34. The van der Waals surface area contributed by atoms with Gasteiger partial charge in [-0.3, -0.25) is 4.79 Å². The molecule has 0 bridgehead atoms. The Bertz CT molecular complexity index is 1160. The van der Waals surface area contributed by atoms with Gasteiger partial charge in [-0.2, -0.15) is 4.31 Å². The van der Waals surface area contributed by atoms with Gasteiger partial charge in [0, 0.05) is 24.1 Å². The van der Waals surface area contributed by atoms with E-state index in [-0.39, 0.29) is 10.8 Å². The number of aromatic nitrogens is 1. The Balaban J connectivity index is 1.69. The quantitative estimate of drug-likeness (QED) is 0.519. The van der Waals surface area contributed by atoms with Crippen LogP contribution in [0, 0.1) is 0 Å². The van der Waals surface area contributed by atoms with Crippen LogP contribution >= 0.6 is 34.3 Å². The van der Waals surface area contributed by atoms with Crippen LogP contribution < -0.4 is 14.8 Å². The number of amides is 1. The van der Waals surface area contributed by atoms with Gasteiger partial charge in [-0.15, -0.1) is 22.7 Å². The third-order valence-electron chi connectivity index (χ3n) is 4.01. The van der Waals surface area contributed by atoms with Crippen LogP contribution in [0.5, 0.6) is 11.5 Å². The monoisotopic (exact) mass is 487 g/mol. The molecule has 1 aromatic carbocycles. The first kappa shape index (κ1) is 22.5. The second-order valence-corrected chi connectivity index (χ2v) is 10.8. The summed E-state index contributed by atoms with van der Waals surface area (Å²) in [5, 5.41) is 4.74. The number of nitrogens with zero attached hydrogens (tertiary/aromatic N) is 2. The van der Waals surface area contributed by atoms with E-state index in [4.69, 9.17) is 21.1 Å². The summed E-state index contributed by atoms with van der Waals surface area (Å²) in [7, 11) is 0.644. The Kier molecular flexibility index (Phi) is 6.98. The van der Waals surface area contributed by atoms with Gasteiger partial charge in [0.25, 0.3) is 10.0 Å². The molecule has 1 amide bonds. The van der Waals surface area contributed by atoms with Crippen LogP contribution in [0.25, 0.3) is 11.3 Å². The molecule has 0 atom stereocenters. The lowest BCUT2D eigenvalue weighted by Gasteiger charge is -2.15. The molecule has 0 saturated carbocycles. The van der Waals surface area contributed by atoms with Gasteiger partial charge in [-0.05, 0) is 24.3 Å². The third-order valence-corrected chi connectivity index (χ3v) is 8.27. The predicted molar refractivity (Wildman–Crippen MR) is 118 cm³/mol. The topological polar surface area (TPSA) is 97.8 Å². The van der Waals surface area contributed by atoms with Gasteiger partial charge in [0.1, 0.15) is 15.7 Å². The maximum absolute atomic E-state index is 12.5. The molecular weight excluding hydrogens is 470 g/mol. The minimum Gasteiger partial charge on any atom is -0.497 e. The summed E-state index contributed by atoms with van der Waals surface area (Å²) in [6, 6.07) is 8.24. The van der Waals surface area contributed by atoms with E-state index in [0.717, 1.165) is 21.2 Å². The molecule has 0 fully saturated rings. The highest BCUT2D eigenvalue weighted by Crippen LogP contribution is 2.35. The van der Waals surface area contributed by atoms with Gasteiger partial charge in [0.2, 0.25) is 5.91 Å². The number of likely N-dealkylation sites (N-methyl/N-ethyl adjacent to an activating group) is 1. The second-order valence-electron chi connectivity index (χ2n) is 5.97. The highest BCUT2D eigenvalue weighted by Gasteiger charge is 2.25. The highest BCUT2D eigenvalue weighted by molar-refractivity contribution is 7.91. The van der Waals surface area contributed by atoms with Crippen molar-refractivity contribution < 1.29 is 22.7 Å². The van der Waals surface area contributed by atoms with Gasteiger partial charge >= 0.3 is 0 Å². The predicted octanol–water partition coefficient (Wildman–Crippen LogP) is 3.80. The van der Waals surface area contributed by atoms with Crippen LogP contribution in [-0.2, 0) is 14.8 Å². The molecule has 30 heavy (non-hydrogen) atoms. The largest absolute Gasteiger partial charge is 0.497 e. The van der Waals surface area contributed by atoms with Gasteiger partial charge < -0.3 is 14.8 Å². The molecule has 0 aliphatic carbocycles. The number of rotatable bonds is 8. The van der Waals surface area contributed by atoms with Gasteiger partial charge in [0.15, 0.2) is 5.13 Å². The third kappa shape index (κ3) is 4.93. The molecule has 1 N–H and O–H groups in total. The summed E-state index contributed by atoms with van der Waals surface area (Å²) in [5.74, 6) is 0.722. The molecule has 3 aromatic rings. The summed E-state index contributed by atoms with van der Waals surface area (Å²) in [6.45, 7) is -0.362. The number of benzene rings is 1. The van der Waals surface area contributed by atoms with Crippen molar-refractivity contribution in [3.8, 4) is 22.8 Å². The zero-order chi connectivity index (χ0) is 21.9. The Morgan fingerprint density at radius 1 is 1.23 bits per heavy atom. The van der Waals surface area contributed by atoms with E-state index in [0.29, 0.717) is 26.7 Å². The van der Waals surface area contributed by atoms with E-state index in [2.05, 4.69) is 10.3 Å². The molecule has 160 valence electrons. The average molecular weight is 488 g/mol. The Morgan fingerprint density at radius 3 is 2.63 bits per heavy atom. The lowest BCUT2D eigenvalue weighted by atomic mass is 10.1. The number of methoxy groups -OCH3 is 2. The fourth-order valence-corrected chi connectivity index (χ4v) is 6.05. The zero-order valence-corrected chi connectivity index (χ0v) is 19.4. The van der Waals surface area contributed by atoms with Crippen LogP contribution in [0.4, 0.5) is 5.13 Å².